The molecule has 1 aliphatic carbocycles. The second-order valence-electron chi connectivity index (χ2n) is 9.51. The van der Waals surface area contributed by atoms with Gasteiger partial charge >= 0.3 is 5.97 Å². The summed E-state index contributed by atoms with van der Waals surface area (Å²) in [5.74, 6) is 1.07. The number of fused-ring (bicyclic) bond motifs is 1. The summed E-state index contributed by atoms with van der Waals surface area (Å²) in [5.41, 5.74) is 0. The standard InChI is InChI=1S/C26H37ClO6/c1-17(2)33-26(30)8-3-5-18-9-11-23-22(24(29)14-25(23)32-15-18)12-10-20(28)16-31-21-7-4-6-19(27)13-21/h4,6-7,10,12-13,17-18,20,22-25,28-29H,3,5,8-9,11,14-16H2,1-2H3/t18-,20-,22-,23-,24-,25+/m1/s1. The fraction of sp³-hybridized carbons (Fsp3) is 0.654. The molecule has 0 unspecified atom stereocenters. The first-order chi connectivity index (χ1) is 15.8. The van der Waals surface area contributed by atoms with Crippen LogP contribution < -0.4 is 4.74 Å². The van der Waals surface area contributed by atoms with Crippen molar-refractivity contribution < 1.29 is 29.2 Å². The highest BCUT2D eigenvalue weighted by Crippen LogP contribution is 2.42. The molecule has 0 aromatic heterocycles. The second kappa shape index (κ2) is 12.7. The SMILES string of the molecule is CC(C)OC(=O)CCC[C@@H]1CC[C@@H]2[C@@H](C=C[C@@H](O)COc3cccc(Cl)c3)[C@H](O)C[C@@H]2OC1. The Morgan fingerprint density at radius 3 is 2.91 bits per heavy atom. The molecule has 1 saturated heterocycles. The highest BCUT2D eigenvalue weighted by atomic mass is 35.5. The predicted octanol–water partition coefficient (Wildman–Crippen LogP) is 4.55. The molecule has 1 aromatic carbocycles. The molecule has 33 heavy (non-hydrogen) atoms. The largest absolute Gasteiger partial charge is 0.491 e. The van der Waals surface area contributed by atoms with Crippen LogP contribution in [0, 0.1) is 17.8 Å². The van der Waals surface area contributed by atoms with E-state index in [1.807, 2.05) is 19.9 Å². The summed E-state index contributed by atoms with van der Waals surface area (Å²) in [6.45, 7) is 4.51. The Labute approximate surface area is 201 Å². The lowest BCUT2D eigenvalue weighted by molar-refractivity contribution is -0.147. The Bertz CT molecular complexity index is 782. The van der Waals surface area contributed by atoms with Crippen molar-refractivity contribution in [2.24, 2.45) is 17.8 Å². The van der Waals surface area contributed by atoms with Crippen molar-refractivity contribution in [1.29, 1.82) is 0 Å². The molecule has 3 rings (SSSR count). The minimum Gasteiger partial charge on any atom is -0.491 e. The zero-order chi connectivity index (χ0) is 23.8. The third-order valence-corrected chi connectivity index (χ3v) is 6.71. The molecule has 0 spiro atoms. The first-order valence-corrected chi connectivity index (χ1v) is 12.4. The monoisotopic (exact) mass is 480 g/mol. The molecule has 7 heteroatoms. The molecular weight excluding hydrogens is 444 g/mol. The Morgan fingerprint density at radius 2 is 2.15 bits per heavy atom. The quantitative estimate of drug-likeness (QED) is 0.377. The highest BCUT2D eigenvalue weighted by Gasteiger charge is 2.43. The van der Waals surface area contributed by atoms with Gasteiger partial charge in [-0.05, 0) is 69.6 Å². The fourth-order valence-electron chi connectivity index (χ4n) is 4.85. The van der Waals surface area contributed by atoms with Gasteiger partial charge in [-0.15, -0.1) is 0 Å². The third kappa shape index (κ3) is 8.29. The number of ether oxygens (including phenoxy) is 3. The Kier molecular flexibility index (Phi) is 10.0. The van der Waals surface area contributed by atoms with Crippen LogP contribution in [0.3, 0.4) is 0 Å². The van der Waals surface area contributed by atoms with Gasteiger partial charge in [0.15, 0.2) is 0 Å². The summed E-state index contributed by atoms with van der Waals surface area (Å²) in [6, 6.07) is 7.06. The van der Waals surface area contributed by atoms with Crippen LogP contribution in [0.5, 0.6) is 5.75 Å². The normalized spacial score (nSPS) is 28.5. The van der Waals surface area contributed by atoms with Gasteiger partial charge in [0.05, 0.1) is 18.3 Å². The number of aliphatic hydroxyl groups is 2. The van der Waals surface area contributed by atoms with E-state index in [1.54, 1.807) is 30.3 Å². The molecule has 2 N–H and O–H groups in total. The lowest BCUT2D eigenvalue weighted by Crippen LogP contribution is -2.22. The van der Waals surface area contributed by atoms with Gasteiger partial charge in [-0.3, -0.25) is 4.79 Å². The number of carbonyl (C=O) groups is 1. The van der Waals surface area contributed by atoms with Crippen molar-refractivity contribution in [3.05, 3.63) is 41.4 Å². The second-order valence-corrected chi connectivity index (χ2v) is 9.95. The number of hydrogen-bond donors (Lipinski definition) is 2. The van der Waals surface area contributed by atoms with E-state index in [4.69, 9.17) is 25.8 Å². The fourth-order valence-corrected chi connectivity index (χ4v) is 5.03. The highest BCUT2D eigenvalue weighted by molar-refractivity contribution is 6.30. The molecule has 0 bridgehead atoms. The van der Waals surface area contributed by atoms with Gasteiger partial charge in [-0.2, -0.15) is 0 Å². The van der Waals surface area contributed by atoms with Crippen LogP contribution in [-0.2, 0) is 14.3 Å². The summed E-state index contributed by atoms with van der Waals surface area (Å²) in [6.07, 6.45) is 7.13. The molecule has 0 amide bonds. The molecule has 2 fully saturated rings. The van der Waals surface area contributed by atoms with Gasteiger partial charge in [0.25, 0.3) is 0 Å². The number of halogens is 1. The minimum absolute atomic E-state index is 0.0328. The topological polar surface area (TPSA) is 85.2 Å². The zero-order valence-electron chi connectivity index (χ0n) is 19.6. The first kappa shape index (κ1) is 26.0. The molecule has 1 saturated carbocycles. The smallest absolute Gasteiger partial charge is 0.306 e. The molecule has 1 aromatic rings. The lowest BCUT2D eigenvalue weighted by atomic mass is 9.86. The van der Waals surface area contributed by atoms with Crippen molar-refractivity contribution in [3.8, 4) is 5.75 Å². The zero-order valence-corrected chi connectivity index (χ0v) is 20.3. The summed E-state index contributed by atoms with van der Waals surface area (Å²) in [5, 5.41) is 21.5. The maximum absolute atomic E-state index is 11.7. The van der Waals surface area contributed by atoms with Crippen LogP contribution in [0.15, 0.2) is 36.4 Å². The van der Waals surface area contributed by atoms with Crippen molar-refractivity contribution in [2.45, 2.75) is 76.8 Å². The number of esters is 1. The molecule has 184 valence electrons. The summed E-state index contributed by atoms with van der Waals surface area (Å²) in [4.78, 5) is 11.7. The Morgan fingerprint density at radius 1 is 1.33 bits per heavy atom. The van der Waals surface area contributed by atoms with E-state index in [9.17, 15) is 15.0 Å². The summed E-state index contributed by atoms with van der Waals surface area (Å²) < 4.78 is 17.0. The number of rotatable bonds is 10. The maximum Gasteiger partial charge on any atom is 0.306 e. The molecule has 2 aliphatic rings. The molecule has 1 heterocycles. The van der Waals surface area contributed by atoms with Crippen LogP contribution in [0.2, 0.25) is 5.02 Å². The van der Waals surface area contributed by atoms with Gasteiger partial charge in [0, 0.05) is 30.4 Å². The van der Waals surface area contributed by atoms with Crippen LogP contribution >= 0.6 is 11.6 Å². The number of aliphatic hydroxyl groups excluding tert-OH is 2. The molecule has 0 radical (unpaired) electrons. The molecule has 6 nitrogen and oxygen atoms in total. The summed E-state index contributed by atoms with van der Waals surface area (Å²) >= 11 is 5.96. The van der Waals surface area contributed by atoms with E-state index in [0.717, 1.165) is 25.7 Å². The van der Waals surface area contributed by atoms with E-state index in [2.05, 4.69) is 0 Å². The first-order valence-electron chi connectivity index (χ1n) is 12.1. The van der Waals surface area contributed by atoms with Crippen LogP contribution in [-0.4, -0.2) is 53.8 Å². The van der Waals surface area contributed by atoms with Crippen molar-refractivity contribution in [1.82, 2.24) is 0 Å². The molecule has 1 aliphatic heterocycles. The third-order valence-electron chi connectivity index (χ3n) is 6.48. The average molecular weight is 481 g/mol. The number of carbonyl (C=O) groups excluding carboxylic acids is 1. The van der Waals surface area contributed by atoms with E-state index in [0.29, 0.717) is 36.1 Å². The minimum atomic E-state index is -0.778. The van der Waals surface area contributed by atoms with E-state index >= 15 is 0 Å². The molecular formula is C26H37ClO6. The van der Waals surface area contributed by atoms with Crippen molar-refractivity contribution in [3.63, 3.8) is 0 Å². The van der Waals surface area contributed by atoms with Crippen LogP contribution in [0.4, 0.5) is 0 Å². The summed E-state index contributed by atoms with van der Waals surface area (Å²) in [7, 11) is 0. The van der Waals surface area contributed by atoms with Crippen LogP contribution in [0.1, 0.15) is 52.4 Å². The molecule has 6 atom stereocenters. The van der Waals surface area contributed by atoms with Gasteiger partial charge < -0.3 is 24.4 Å². The van der Waals surface area contributed by atoms with E-state index in [1.165, 1.54) is 0 Å². The van der Waals surface area contributed by atoms with Gasteiger partial charge in [-0.25, -0.2) is 0 Å². The Balaban J connectivity index is 1.45. The lowest BCUT2D eigenvalue weighted by Gasteiger charge is -2.21. The van der Waals surface area contributed by atoms with Crippen molar-refractivity contribution >= 4 is 17.6 Å². The van der Waals surface area contributed by atoms with Gasteiger partial charge in [0.2, 0.25) is 0 Å². The Hall–Kier alpha value is -1.60. The van der Waals surface area contributed by atoms with Crippen LogP contribution in [0.25, 0.3) is 0 Å². The average Bonchev–Trinajstić information content (AvgIpc) is 2.92. The maximum atomic E-state index is 11.7. The van der Waals surface area contributed by atoms with Gasteiger partial charge in [-0.1, -0.05) is 29.8 Å². The van der Waals surface area contributed by atoms with E-state index in [-0.39, 0.29) is 36.6 Å². The van der Waals surface area contributed by atoms with Crippen molar-refractivity contribution in [2.75, 3.05) is 13.2 Å². The number of hydrogen-bond acceptors (Lipinski definition) is 6. The van der Waals surface area contributed by atoms with Gasteiger partial charge in [0.1, 0.15) is 18.5 Å². The number of benzene rings is 1. The van der Waals surface area contributed by atoms with E-state index < -0.39 is 12.2 Å². The predicted molar refractivity (Wildman–Crippen MR) is 127 cm³/mol.